The Morgan fingerprint density at radius 3 is 1.12 bits per heavy atom. The minimum absolute atomic E-state index is 0.919. The maximum absolute atomic E-state index is 5.16. The van der Waals surface area contributed by atoms with E-state index in [1.165, 1.54) is 54.4 Å². The molecule has 280 valence electrons. The van der Waals surface area contributed by atoms with Crippen molar-refractivity contribution in [1.29, 1.82) is 0 Å². The molecule has 9 aromatic carbocycles. The fraction of sp³-hybridized carbons (Fsp3) is 0. The highest BCUT2D eigenvalue weighted by molar-refractivity contribution is 6.14. The normalized spacial score (nSPS) is 12.0. The van der Waals surface area contributed by atoms with Crippen LogP contribution in [0.25, 0.3) is 111 Å². The fourth-order valence-electron chi connectivity index (χ4n) is 9.77. The Balaban J connectivity index is 1.05. The van der Waals surface area contributed by atoms with Crippen LogP contribution in [0.3, 0.4) is 0 Å². The van der Waals surface area contributed by atoms with Gasteiger partial charge in [0.05, 0.1) is 44.1 Å². The number of hydrogen-bond donors (Lipinski definition) is 0. The molecule has 0 radical (unpaired) electrons. The molecule has 5 nitrogen and oxygen atoms in total. The van der Waals surface area contributed by atoms with Crippen LogP contribution in [0.4, 0.5) is 0 Å². The number of imidazole rings is 1. The topological polar surface area (TPSA) is 32.6 Å². The van der Waals surface area contributed by atoms with Crippen LogP contribution in [-0.4, -0.2) is 23.3 Å². The zero-order valence-corrected chi connectivity index (χ0v) is 32.4. The lowest BCUT2D eigenvalue weighted by Crippen LogP contribution is -1.98. The number of rotatable bonds is 5. The van der Waals surface area contributed by atoms with Crippen molar-refractivity contribution in [2.24, 2.45) is 0 Å². The van der Waals surface area contributed by atoms with Gasteiger partial charge in [-0.15, -0.1) is 0 Å². The van der Waals surface area contributed by atoms with Gasteiger partial charge >= 0.3 is 0 Å². The number of fused-ring (bicyclic) bond motifs is 10. The van der Waals surface area contributed by atoms with Gasteiger partial charge in [-0.2, -0.15) is 0 Å². The summed E-state index contributed by atoms with van der Waals surface area (Å²) in [7, 11) is 0. The summed E-state index contributed by atoms with van der Waals surface area (Å²) in [6.07, 6.45) is 0. The number of nitrogens with zero attached hydrogens (tertiary/aromatic N) is 5. The second kappa shape index (κ2) is 12.7. The molecule has 0 aliphatic rings. The Labute approximate surface area is 344 Å². The molecule has 0 spiro atoms. The molecule has 0 aliphatic carbocycles. The van der Waals surface area contributed by atoms with Crippen molar-refractivity contribution in [2.45, 2.75) is 0 Å². The highest BCUT2D eigenvalue weighted by Gasteiger charge is 2.20. The molecule has 0 aliphatic heterocycles. The smallest absolute Gasteiger partial charge is 0.145 e. The molecule has 13 aromatic rings. The molecule has 0 amide bonds. The van der Waals surface area contributed by atoms with E-state index in [0.717, 1.165) is 56.2 Å². The van der Waals surface area contributed by atoms with Crippen molar-refractivity contribution < 1.29 is 0 Å². The van der Waals surface area contributed by atoms with Crippen LogP contribution in [0.15, 0.2) is 212 Å². The first-order valence-electron chi connectivity index (χ1n) is 20.5. The molecular weight excluding hydrogens is 731 g/mol. The third-order valence-corrected chi connectivity index (χ3v) is 12.4. The summed E-state index contributed by atoms with van der Waals surface area (Å²) in [5.74, 6) is 0.919. The van der Waals surface area contributed by atoms with Crippen molar-refractivity contribution >= 4 is 76.5 Å². The third kappa shape index (κ3) is 4.71. The van der Waals surface area contributed by atoms with Crippen molar-refractivity contribution in [1.82, 2.24) is 23.3 Å². The molecule has 5 heteroatoms. The van der Waals surface area contributed by atoms with Crippen LogP contribution in [-0.2, 0) is 0 Å². The maximum Gasteiger partial charge on any atom is 0.145 e. The summed E-state index contributed by atoms with van der Waals surface area (Å²) in [5, 5.41) is 7.41. The summed E-state index contributed by atoms with van der Waals surface area (Å²) < 4.78 is 9.51. The average Bonchev–Trinajstić information content (AvgIpc) is 4.06. The summed E-state index contributed by atoms with van der Waals surface area (Å²) >= 11 is 0. The van der Waals surface area contributed by atoms with Gasteiger partial charge < -0.3 is 13.7 Å². The zero-order chi connectivity index (χ0) is 39.3. The fourth-order valence-corrected chi connectivity index (χ4v) is 9.77. The lowest BCUT2D eigenvalue weighted by atomic mass is 10.1. The van der Waals surface area contributed by atoms with E-state index in [4.69, 9.17) is 4.98 Å². The predicted molar refractivity (Wildman–Crippen MR) is 250 cm³/mol. The van der Waals surface area contributed by atoms with Crippen LogP contribution in [0.2, 0.25) is 0 Å². The van der Waals surface area contributed by atoms with Crippen molar-refractivity contribution in [3.63, 3.8) is 0 Å². The lowest BCUT2D eigenvalue weighted by molar-refractivity contribution is 1.10. The second-order valence-corrected chi connectivity index (χ2v) is 15.6. The summed E-state index contributed by atoms with van der Waals surface area (Å²) in [4.78, 5) is 5.16. The summed E-state index contributed by atoms with van der Waals surface area (Å²) in [6, 6.07) is 76.7. The highest BCUT2D eigenvalue weighted by Crippen LogP contribution is 2.40. The van der Waals surface area contributed by atoms with Gasteiger partial charge in [-0.1, -0.05) is 103 Å². The standard InChI is InChI=1S/C55H35N5/c1-2-14-37(15-3-1)60-54-25-13-8-20-47(54)56-55(60)36-26-28-38(29-27-36)57-52-32-30-39(58-48-21-9-4-16-41(48)42-17-5-10-22-49(42)58)34-45(52)46-35-40(31-33-53(46)57)59-50-23-11-6-18-43(50)44-19-7-12-24-51(44)59/h1-35H. The summed E-state index contributed by atoms with van der Waals surface area (Å²) in [5.41, 5.74) is 14.7. The Hall–Kier alpha value is -8.15. The Kier molecular flexibility index (Phi) is 6.95. The molecule has 60 heavy (non-hydrogen) atoms. The van der Waals surface area contributed by atoms with E-state index in [9.17, 15) is 0 Å². The van der Waals surface area contributed by atoms with Crippen molar-refractivity contribution in [3.05, 3.63) is 212 Å². The van der Waals surface area contributed by atoms with Crippen molar-refractivity contribution in [2.75, 3.05) is 0 Å². The molecule has 0 saturated heterocycles. The molecule has 0 fully saturated rings. The van der Waals surface area contributed by atoms with Crippen LogP contribution in [0, 0.1) is 0 Å². The van der Waals surface area contributed by atoms with Crippen molar-refractivity contribution in [3.8, 4) is 34.1 Å². The monoisotopic (exact) mass is 765 g/mol. The van der Waals surface area contributed by atoms with Gasteiger partial charge in [-0.05, 0) is 109 Å². The Bertz CT molecular complexity index is 3540. The van der Waals surface area contributed by atoms with Crippen LogP contribution < -0.4 is 0 Å². The molecule has 0 bridgehead atoms. The first-order valence-corrected chi connectivity index (χ1v) is 20.5. The van der Waals surface area contributed by atoms with Crippen LogP contribution in [0.1, 0.15) is 0 Å². The Morgan fingerprint density at radius 2 is 0.617 bits per heavy atom. The molecule has 13 rings (SSSR count). The van der Waals surface area contributed by atoms with Gasteiger partial charge in [-0.3, -0.25) is 4.57 Å². The third-order valence-electron chi connectivity index (χ3n) is 12.4. The van der Waals surface area contributed by atoms with E-state index >= 15 is 0 Å². The zero-order valence-electron chi connectivity index (χ0n) is 32.4. The molecule has 4 heterocycles. The van der Waals surface area contributed by atoms with E-state index in [2.05, 4.69) is 231 Å². The van der Waals surface area contributed by atoms with Crippen LogP contribution >= 0.6 is 0 Å². The van der Waals surface area contributed by atoms with Crippen LogP contribution in [0.5, 0.6) is 0 Å². The lowest BCUT2D eigenvalue weighted by Gasteiger charge is -2.12. The largest absolute Gasteiger partial charge is 0.309 e. The SMILES string of the molecule is c1ccc(-n2c(-c3ccc(-n4c5ccc(-n6c7ccccc7c7ccccc76)cc5c5cc(-n6c7ccccc7c7ccccc76)ccc54)cc3)nc3ccccc32)cc1. The van der Waals surface area contributed by atoms with E-state index in [0.29, 0.717) is 0 Å². The molecular formula is C55H35N5. The van der Waals surface area contributed by atoms with E-state index in [-0.39, 0.29) is 0 Å². The minimum Gasteiger partial charge on any atom is -0.309 e. The van der Waals surface area contributed by atoms with Gasteiger partial charge in [-0.25, -0.2) is 4.98 Å². The van der Waals surface area contributed by atoms with Gasteiger partial charge in [0, 0.05) is 60.6 Å². The average molecular weight is 766 g/mol. The first kappa shape index (κ1) is 32.9. The van der Waals surface area contributed by atoms with E-state index in [1.807, 2.05) is 0 Å². The molecule has 0 atom stereocenters. The van der Waals surface area contributed by atoms with Gasteiger partial charge in [0.15, 0.2) is 0 Å². The first-order chi connectivity index (χ1) is 29.8. The number of para-hydroxylation sites is 7. The number of benzene rings is 9. The number of hydrogen-bond acceptors (Lipinski definition) is 1. The molecule has 4 aromatic heterocycles. The minimum atomic E-state index is 0.919. The summed E-state index contributed by atoms with van der Waals surface area (Å²) in [6.45, 7) is 0. The number of aromatic nitrogens is 5. The highest BCUT2D eigenvalue weighted by atomic mass is 15.1. The quantitative estimate of drug-likeness (QED) is 0.172. The van der Waals surface area contributed by atoms with E-state index in [1.54, 1.807) is 0 Å². The molecule has 0 saturated carbocycles. The van der Waals surface area contributed by atoms with Gasteiger partial charge in [0.25, 0.3) is 0 Å². The molecule has 0 unspecified atom stereocenters. The maximum atomic E-state index is 5.16. The van der Waals surface area contributed by atoms with Gasteiger partial charge in [0.1, 0.15) is 5.82 Å². The predicted octanol–water partition coefficient (Wildman–Crippen LogP) is 14.0. The van der Waals surface area contributed by atoms with Gasteiger partial charge in [0.2, 0.25) is 0 Å². The second-order valence-electron chi connectivity index (χ2n) is 15.6. The van der Waals surface area contributed by atoms with E-state index < -0.39 is 0 Å². The molecule has 0 N–H and O–H groups in total. The Morgan fingerprint density at radius 1 is 0.250 bits per heavy atom.